The highest BCUT2D eigenvalue weighted by molar-refractivity contribution is 5.75. The number of oxazole rings is 1. The van der Waals surface area contributed by atoms with E-state index in [1.54, 1.807) is 12.4 Å². The van der Waals surface area contributed by atoms with Crippen molar-refractivity contribution in [2.75, 3.05) is 31.2 Å². The molecule has 3 aromatic rings. The largest absolute Gasteiger partial charge is 0.441 e. The van der Waals surface area contributed by atoms with E-state index in [-0.39, 0.29) is 5.91 Å². The molecule has 156 valence electrons. The van der Waals surface area contributed by atoms with Crippen LogP contribution in [-0.2, 0) is 22.5 Å². The Kier molecular flexibility index (Phi) is 6.72. The number of benzene rings is 1. The third-order valence-electron chi connectivity index (χ3n) is 5.04. The van der Waals surface area contributed by atoms with E-state index >= 15 is 0 Å². The monoisotopic (exact) mass is 406 g/mol. The number of nitrogens with one attached hydrogen (secondary N) is 1. The fourth-order valence-electron chi connectivity index (χ4n) is 3.39. The molecule has 0 bridgehead atoms. The number of nitrogens with zero attached hydrogens (tertiary/aromatic N) is 3. The smallest absolute Gasteiger partial charge is 0.220 e. The van der Waals surface area contributed by atoms with Gasteiger partial charge in [0.25, 0.3) is 0 Å². The molecule has 7 heteroatoms. The summed E-state index contributed by atoms with van der Waals surface area (Å²) >= 11 is 0. The van der Waals surface area contributed by atoms with Gasteiger partial charge in [-0.1, -0.05) is 30.3 Å². The van der Waals surface area contributed by atoms with E-state index in [1.165, 1.54) is 0 Å². The Morgan fingerprint density at radius 1 is 1.10 bits per heavy atom. The Morgan fingerprint density at radius 3 is 2.77 bits per heavy atom. The number of morpholine rings is 1. The fourth-order valence-corrected chi connectivity index (χ4v) is 3.39. The third kappa shape index (κ3) is 5.45. The third-order valence-corrected chi connectivity index (χ3v) is 5.04. The lowest BCUT2D eigenvalue weighted by Crippen LogP contribution is -2.36. The number of aromatic nitrogens is 2. The topological polar surface area (TPSA) is 80.5 Å². The molecule has 1 aliphatic rings. The average molecular weight is 406 g/mol. The molecule has 4 rings (SSSR count). The van der Waals surface area contributed by atoms with Crippen molar-refractivity contribution in [3.05, 3.63) is 66.3 Å². The minimum atomic E-state index is 0.0228. The lowest BCUT2D eigenvalue weighted by Gasteiger charge is -2.28. The van der Waals surface area contributed by atoms with Crippen LogP contribution in [0.3, 0.4) is 0 Å². The highest BCUT2D eigenvalue weighted by Crippen LogP contribution is 2.20. The van der Waals surface area contributed by atoms with Gasteiger partial charge in [0.1, 0.15) is 5.82 Å². The van der Waals surface area contributed by atoms with Gasteiger partial charge in [0, 0.05) is 44.2 Å². The Hall–Kier alpha value is -3.19. The quantitative estimate of drug-likeness (QED) is 0.619. The number of anilines is 1. The van der Waals surface area contributed by atoms with Crippen LogP contribution in [0.25, 0.3) is 11.3 Å². The van der Waals surface area contributed by atoms with Gasteiger partial charge in [-0.2, -0.15) is 0 Å². The summed E-state index contributed by atoms with van der Waals surface area (Å²) in [5.74, 6) is 2.37. The van der Waals surface area contributed by atoms with E-state index in [4.69, 9.17) is 9.15 Å². The molecule has 1 N–H and O–H groups in total. The molecule has 0 unspecified atom stereocenters. The first-order valence-corrected chi connectivity index (χ1v) is 10.3. The zero-order chi connectivity index (χ0) is 20.6. The first-order valence-electron chi connectivity index (χ1n) is 10.3. The van der Waals surface area contributed by atoms with Crippen molar-refractivity contribution in [2.24, 2.45) is 0 Å². The van der Waals surface area contributed by atoms with Crippen LogP contribution in [0, 0.1) is 0 Å². The molecule has 0 radical (unpaired) electrons. The van der Waals surface area contributed by atoms with Crippen molar-refractivity contribution >= 4 is 11.7 Å². The van der Waals surface area contributed by atoms with Gasteiger partial charge in [-0.15, -0.1) is 0 Å². The van der Waals surface area contributed by atoms with Gasteiger partial charge in [0.15, 0.2) is 11.7 Å². The minimum Gasteiger partial charge on any atom is -0.441 e. The molecule has 30 heavy (non-hydrogen) atoms. The van der Waals surface area contributed by atoms with Gasteiger partial charge in [0.05, 0.1) is 19.4 Å². The van der Waals surface area contributed by atoms with E-state index in [1.807, 2.05) is 42.5 Å². The molecule has 2 aromatic heterocycles. The van der Waals surface area contributed by atoms with Crippen molar-refractivity contribution < 1.29 is 13.9 Å². The predicted molar refractivity (Wildman–Crippen MR) is 114 cm³/mol. The first-order chi connectivity index (χ1) is 14.8. The zero-order valence-corrected chi connectivity index (χ0v) is 16.9. The van der Waals surface area contributed by atoms with Gasteiger partial charge < -0.3 is 19.4 Å². The Bertz CT molecular complexity index is 952. The summed E-state index contributed by atoms with van der Waals surface area (Å²) < 4.78 is 11.2. The highest BCUT2D eigenvalue weighted by atomic mass is 16.5. The molecule has 1 fully saturated rings. The van der Waals surface area contributed by atoms with Crippen LogP contribution in [0.2, 0.25) is 0 Å². The number of ether oxygens (including phenoxy) is 1. The standard InChI is InChI=1S/C23H26N4O3/c28-22(7-4-8-23-26-17-20(30-23)19-5-2-1-3-6-19)25-16-18-9-10-24-21(15-18)27-11-13-29-14-12-27/h1-3,5-6,9-10,15,17H,4,7-8,11-14,16H2,(H,25,28). The SMILES string of the molecule is O=C(CCCc1ncc(-c2ccccc2)o1)NCc1ccnc(N2CCOCC2)c1. The molecule has 3 heterocycles. The second-order valence-corrected chi connectivity index (χ2v) is 7.24. The molecule has 7 nitrogen and oxygen atoms in total. The van der Waals surface area contributed by atoms with Crippen LogP contribution >= 0.6 is 0 Å². The molecular weight excluding hydrogens is 380 g/mol. The molecule has 0 spiro atoms. The van der Waals surface area contributed by atoms with Crippen molar-refractivity contribution in [1.82, 2.24) is 15.3 Å². The summed E-state index contributed by atoms with van der Waals surface area (Å²) in [7, 11) is 0. The number of carbonyl (C=O) groups is 1. The van der Waals surface area contributed by atoms with Crippen molar-refractivity contribution in [2.45, 2.75) is 25.8 Å². The number of rotatable bonds is 8. The van der Waals surface area contributed by atoms with Crippen LogP contribution in [0.1, 0.15) is 24.3 Å². The minimum absolute atomic E-state index is 0.0228. The Labute approximate surface area is 176 Å². The lowest BCUT2D eigenvalue weighted by molar-refractivity contribution is -0.121. The predicted octanol–water partition coefficient (Wildman–Crippen LogP) is 3.21. The number of hydrogen-bond acceptors (Lipinski definition) is 6. The number of hydrogen-bond donors (Lipinski definition) is 1. The van der Waals surface area contributed by atoms with Gasteiger partial charge in [-0.25, -0.2) is 9.97 Å². The average Bonchev–Trinajstić information content (AvgIpc) is 3.28. The summed E-state index contributed by atoms with van der Waals surface area (Å²) in [6.07, 6.45) is 5.29. The summed E-state index contributed by atoms with van der Waals surface area (Å²) in [5.41, 5.74) is 2.04. The van der Waals surface area contributed by atoms with Crippen LogP contribution in [0.4, 0.5) is 5.82 Å². The number of pyridine rings is 1. The molecule has 1 amide bonds. The summed E-state index contributed by atoms with van der Waals surface area (Å²) in [4.78, 5) is 23.2. The van der Waals surface area contributed by atoms with Crippen LogP contribution in [-0.4, -0.2) is 42.2 Å². The second kappa shape index (κ2) is 10.0. The van der Waals surface area contributed by atoms with Gasteiger partial charge in [-0.05, 0) is 24.1 Å². The van der Waals surface area contributed by atoms with Gasteiger partial charge in [-0.3, -0.25) is 4.79 Å². The summed E-state index contributed by atoms with van der Waals surface area (Å²) in [6, 6.07) is 13.8. The number of amides is 1. The van der Waals surface area contributed by atoms with E-state index < -0.39 is 0 Å². The van der Waals surface area contributed by atoms with Gasteiger partial charge in [0.2, 0.25) is 5.91 Å². The van der Waals surface area contributed by atoms with E-state index in [2.05, 4.69) is 20.2 Å². The van der Waals surface area contributed by atoms with E-state index in [9.17, 15) is 4.79 Å². The number of aryl methyl sites for hydroxylation is 1. The molecule has 0 atom stereocenters. The summed E-state index contributed by atoms with van der Waals surface area (Å²) in [5, 5.41) is 2.99. The zero-order valence-electron chi connectivity index (χ0n) is 16.9. The van der Waals surface area contributed by atoms with Crippen LogP contribution < -0.4 is 10.2 Å². The molecular formula is C23H26N4O3. The van der Waals surface area contributed by atoms with Crippen LogP contribution in [0.5, 0.6) is 0 Å². The maximum Gasteiger partial charge on any atom is 0.220 e. The maximum absolute atomic E-state index is 12.2. The van der Waals surface area contributed by atoms with E-state index in [0.29, 0.717) is 31.7 Å². The molecule has 1 aliphatic heterocycles. The molecule has 0 saturated carbocycles. The Morgan fingerprint density at radius 2 is 1.93 bits per heavy atom. The fraction of sp³-hybridized carbons (Fsp3) is 0.348. The van der Waals surface area contributed by atoms with Crippen LogP contribution in [0.15, 0.2) is 59.3 Å². The molecule has 1 saturated heterocycles. The maximum atomic E-state index is 12.2. The first kappa shape index (κ1) is 20.1. The molecule has 0 aliphatic carbocycles. The highest BCUT2D eigenvalue weighted by Gasteiger charge is 2.13. The Balaban J connectivity index is 1.21. The second-order valence-electron chi connectivity index (χ2n) is 7.24. The normalized spacial score (nSPS) is 13.9. The molecule has 1 aromatic carbocycles. The van der Waals surface area contributed by atoms with Crippen molar-refractivity contribution in [3.63, 3.8) is 0 Å². The van der Waals surface area contributed by atoms with Crippen molar-refractivity contribution in [1.29, 1.82) is 0 Å². The van der Waals surface area contributed by atoms with Gasteiger partial charge >= 0.3 is 0 Å². The summed E-state index contributed by atoms with van der Waals surface area (Å²) in [6.45, 7) is 3.63. The lowest BCUT2D eigenvalue weighted by atomic mass is 10.2. The number of carbonyl (C=O) groups excluding carboxylic acids is 1. The van der Waals surface area contributed by atoms with Crippen molar-refractivity contribution in [3.8, 4) is 11.3 Å². The van der Waals surface area contributed by atoms with E-state index in [0.717, 1.165) is 49.0 Å².